The summed E-state index contributed by atoms with van der Waals surface area (Å²) in [6.07, 6.45) is 8.26. The fourth-order valence-electron chi connectivity index (χ4n) is 4.43. The van der Waals surface area contributed by atoms with Crippen LogP contribution in [0.5, 0.6) is 0 Å². The lowest BCUT2D eigenvalue weighted by atomic mass is 9.92. The van der Waals surface area contributed by atoms with Crippen molar-refractivity contribution >= 4 is 11.8 Å². The molecule has 0 spiro atoms. The second-order valence-corrected chi connectivity index (χ2v) is 8.17. The number of nitrogens with two attached hydrogens (primary N) is 1. The Balaban J connectivity index is 1.46. The van der Waals surface area contributed by atoms with Crippen LogP contribution in [0.4, 0.5) is 0 Å². The van der Waals surface area contributed by atoms with Gasteiger partial charge < -0.3 is 10.6 Å². The lowest BCUT2D eigenvalue weighted by molar-refractivity contribution is -0.136. The summed E-state index contributed by atoms with van der Waals surface area (Å²) in [4.78, 5) is 34.5. The number of carbonyl (C=O) groups is 2. The Hall–Kier alpha value is -1.99. The van der Waals surface area contributed by atoms with Gasteiger partial charge in [-0.15, -0.1) is 0 Å². The average Bonchev–Trinajstić information content (AvgIpc) is 2.73. The van der Waals surface area contributed by atoms with E-state index in [1.807, 2.05) is 12.4 Å². The highest BCUT2D eigenvalue weighted by Gasteiger charge is 2.32. The zero-order valence-corrected chi connectivity index (χ0v) is 16.9. The smallest absolute Gasteiger partial charge is 0.226 e. The van der Waals surface area contributed by atoms with Crippen molar-refractivity contribution in [3.8, 4) is 0 Å². The first kappa shape index (κ1) is 20.7. The van der Waals surface area contributed by atoms with Gasteiger partial charge in [-0.25, -0.2) is 0 Å². The van der Waals surface area contributed by atoms with E-state index in [4.69, 9.17) is 5.73 Å². The van der Waals surface area contributed by atoms with Gasteiger partial charge in [0, 0.05) is 51.5 Å². The summed E-state index contributed by atoms with van der Waals surface area (Å²) in [7, 11) is 1.78. The maximum absolute atomic E-state index is 12.7. The zero-order valence-electron chi connectivity index (χ0n) is 16.9. The summed E-state index contributed by atoms with van der Waals surface area (Å²) >= 11 is 0. The Kier molecular flexibility index (Phi) is 7.39. The fourth-order valence-corrected chi connectivity index (χ4v) is 4.43. The topological polar surface area (TPSA) is 82.8 Å². The first-order valence-electron chi connectivity index (χ1n) is 10.4. The molecule has 7 heteroatoms. The third-order valence-corrected chi connectivity index (χ3v) is 6.10. The molecule has 0 radical (unpaired) electrons. The molecule has 7 nitrogen and oxygen atoms in total. The van der Waals surface area contributed by atoms with Gasteiger partial charge in [-0.1, -0.05) is 0 Å². The Morgan fingerprint density at radius 3 is 2.57 bits per heavy atom. The van der Waals surface area contributed by atoms with Gasteiger partial charge in [0.15, 0.2) is 0 Å². The molecule has 2 amide bonds. The SMILES string of the molecule is CN(CCC(N)=O)C(=O)[C@H]1CCCN(C2CCN(Cc3ccncc3)CC2)C1. The maximum atomic E-state index is 12.7. The quantitative estimate of drug-likeness (QED) is 0.757. The molecule has 2 N–H and O–H groups in total. The Morgan fingerprint density at radius 1 is 1.18 bits per heavy atom. The molecular formula is C21H33N5O2. The summed E-state index contributed by atoms with van der Waals surface area (Å²) in [5.41, 5.74) is 6.52. The molecule has 3 heterocycles. The van der Waals surface area contributed by atoms with Gasteiger partial charge in [-0.3, -0.25) is 24.4 Å². The van der Waals surface area contributed by atoms with Crippen LogP contribution in [0.2, 0.25) is 0 Å². The monoisotopic (exact) mass is 387 g/mol. The predicted molar refractivity (Wildman–Crippen MR) is 108 cm³/mol. The van der Waals surface area contributed by atoms with Crippen molar-refractivity contribution in [3.63, 3.8) is 0 Å². The van der Waals surface area contributed by atoms with Crippen molar-refractivity contribution < 1.29 is 9.59 Å². The molecule has 0 saturated carbocycles. The Bertz CT molecular complexity index is 645. The fraction of sp³-hybridized carbons (Fsp3) is 0.667. The van der Waals surface area contributed by atoms with Crippen LogP contribution >= 0.6 is 0 Å². The molecule has 154 valence electrons. The molecule has 2 saturated heterocycles. The van der Waals surface area contributed by atoms with Gasteiger partial charge in [0.2, 0.25) is 11.8 Å². The van der Waals surface area contributed by atoms with Gasteiger partial charge in [-0.05, 0) is 63.0 Å². The van der Waals surface area contributed by atoms with Crippen molar-refractivity contribution in [1.82, 2.24) is 19.7 Å². The summed E-state index contributed by atoms with van der Waals surface area (Å²) in [5.74, 6) is -0.161. The summed E-state index contributed by atoms with van der Waals surface area (Å²) in [6, 6.07) is 4.74. The van der Waals surface area contributed by atoms with Crippen LogP contribution < -0.4 is 5.73 Å². The van der Waals surface area contributed by atoms with Crippen molar-refractivity contribution in [2.45, 2.75) is 44.7 Å². The van der Waals surface area contributed by atoms with E-state index in [1.54, 1.807) is 11.9 Å². The lowest BCUT2D eigenvalue weighted by Crippen LogP contribution is -2.51. The minimum atomic E-state index is -0.358. The Labute approximate surface area is 167 Å². The molecule has 0 aromatic carbocycles. The standard InChI is InChI=1S/C21H33N5O2/c1-24(12-8-20(22)27)21(28)18-3-2-11-26(16-18)19-6-13-25(14-7-19)15-17-4-9-23-10-5-17/h4-5,9-10,18-19H,2-3,6-8,11-16H2,1H3,(H2,22,27)/t18-/m0/s1. The van der Waals surface area contributed by atoms with Crippen molar-refractivity contribution in [3.05, 3.63) is 30.1 Å². The number of likely N-dealkylation sites (tertiary alicyclic amines) is 2. The number of rotatable bonds is 7. The van der Waals surface area contributed by atoms with E-state index in [9.17, 15) is 9.59 Å². The van der Waals surface area contributed by atoms with Gasteiger partial charge in [-0.2, -0.15) is 0 Å². The van der Waals surface area contributed by atoms with Gasteiger partial charge in [0.05, 0.1) is 5.92 Å². The van der Waals surface area contributed by atoms with E-state index < -0.39 is 0 Å². The molecule has 0 aliphatic carbocycles. The van der Waals surface area contributed by atoms with Crippen LogP contribution in [0.3, 0.4) is 0 Å². The molecule has 1 aromatic rings. The van der Waals surface area contributed by atoms with Crippen LogP contribution in [0, 0.1) is 5.92 Å². The normalized spacial score (nSPS) is 22.1. The van der Waals surface area contributed by atoms with E-state index in [0.29, 0.717) is 12.6 Å². The number of pyridine rings is 1. The van der Waals surface area contributed by atoms with E-state index in [-0.39, 0.29) is 24.2 Å². The molecular weight excluding hydrogens is 354 g/mol. The molecule has 3 rings (SSSR count). The molecule has 1 atom stereocenters. The number of hydrogen-bond acceptors (Lipinski definition) is 5. The van der Waals surface area contributed by atoms with Crippen LogP contribution in [0.25, 0.3) is 0 Å². The number of hydrogen-bond donors (Lipinski definition) is 1. The minimum absolute atomic E-state index is 0.0430. The average molecular weight is 388 g/mol. The van der Waals surface area contributed by atoms with E-state index >= 15 is 0 Å². The van der Waals surface area contributed by atoms with E-state index in [2.05, 4.69) is 26.9 Å². The zero-order chi connectivity index (χ0) is 19.9. The molecule has 2 aliphatic rings. The summed E-state index contributed by atoms with van der Waals surface area (Å²) in [5, 5.41) is 0. The first-order chi connectivity index (χ1) is 13.5. The van der Waals surface area contributed by atoms with E-state index in [1.165, 1.54) is 5.56 Å². The van der Waals surface area contributed by atoms with Crippen molar-refractivity contribution in [2.24, 2.45) is 11.7 Å². The Morgan fingerprint density at radius 2 is 1.89 bits per heavy atom. The number of nitrogens with zero attached hydrogens (tertiary/aromatic N) is 4. The number of aromatic nitrogens is 1. The number of carbonyl (C=O) groups excluding carboxylic acids is 2. The maximum Gasteiger partial charge on any atom is 0.226 e. The largest absolute Gasteiger partial charge is 0.370 e. The molecule has 2 aliphatic heterocycles. The van der Waals surface area contributed by atoms with Crippen molar-refractivity contribution in [1.29, 1.82) is 0 Å². The molecule has 2 fully saturated rings. The summed E-state index contributed by atoms with van der Waals surface area (Å²) < 4.78 is 0. The van der Waals surface area contributed by atoms with Crippen LogP contribution in [0.1, 0.15) is 37.7 Å². The van der Waals surface area contributed by atoms with Crippen LogP contribution in [-0.2, 0) is 16.1 Å². The first-order valence-corrected chi connectivity index (χ1v) is 10.4. The van der Waals surface area contributed by atoms with E-state index in [0.717, 1.165) is 58.4 Å². The highest BCUT2D eigenvalue weighted by atomic mass is 16.2. The number of piperidine rings is 2. The molecule has 0 bridgehead atoms. The molecule has 0 unspecified atom stereocenters. The second-order valence-electron chi connectivity index (χ2n) is 8.17. The summed E-state index contributed by atoms with van der Waals surface area (Å²) in [6.45, 7) is 5.53. The number of primary amides is 1. The minimum Gasteiger partial charge on any atom is -0.370 e. The molecule has 1 aromatic heterocycles. The third kappa shape index (κ3) is 5.75. The highest BCUT2D eigenvalue weighted by molar-refractivity contribution is 5.80. The number of amides is 2. The van der Waals surface area contributed by atoms with Gasteiger partial charge in [0.1, 0.15) is 0 Å². The van der Waals surface area contributed by atoms with Crippen LogP contribution in [-0.4, -0.2) is 77.3 Å². The second kappa shape index (κ2) is 9.98. The third-order valence-electron chi connectivity index (χ3n) is 6.10. The molecule has 28 heavy (non-hydrogen) atoms. The van der Waals surface area contributed by atoms with Crippen molar-refractivity contribution in [2.75, 3.05) is 39.8 Å². The lowest BCUT2D eigenvalue weighted by Gasteiger charge is -2.42. The highest BCUT2D eigenvalue weighted by Crippen LogP contribution is 2.25. The van der Waals surface area contributed by atoms with Gasteiger partial charge in [0.25, 0.3) is 0 Å². The van der Waals surface area contributed by atoms with Gasteiger partial charge >= 0.3 is 0 Å². The predicted octanol–water partition coefficient (Wildman–Crippen LogP) is 1.09. The van der Waals surface area contributed by atoms with Crippen LogP contribution in [0.15, 0.2) is 24.5 Å².